The highest BCUT2D eigenvalue weighted by Gasteiger charge is 2.33. The van der Waals surface area contributed by atoms with E-state index in [1.54, 1.807) is 0 Å². The van der Waals surface area contributed by atoms with E-state index in [0.29, 0.717) is 0 Å². The summed E-state index contributed by atoms with van der Waals surface area (Å²) < 4.78 is 0. The fourth-order valence-electron chi connectivity index (χ4n) is 3.00. The van der Waals surface area contributed by atoms with E-state index >= 15 is 0 Å². The molecule has 104 valence electrons. The monoisotopic (exact) mass is 267 g/mol. The minimum absolute atomic E-state index is 0.278. The number of rotatable bonds is 1. The van der Waals surface area contributed by atoms with Gasteiger partial charge in [-0.1, -0.05) is 6.07 Å². The van der Waals surface area contributed by atoms with Gasteiger partial charge in [0.05, 0.1) is 5.69 Å². The summed E-state index contributed by atoms with van der Waals surface area (Å²) in [6.45, 7) is 8.76. The molecule has 0 aliphatic carbocycles. The molecule has 3 rings (SSSR count). The molecule has 2 heterocycles. The van der Waals surface area contributed by atoms with Crippen molar-refractivity contribution in [2.24, 2.45) is 0 Å². The van der Waals surface area contributed by atoms with E-state index in [0.717, 1.165) is 5.82 Å². The molecule has 0 radical (unpaired) electrons. The van der Waals surface area contributed by atoms with E-state index in [1.165, 1.54) is 28.1 Å². The smallest absolute Gasteiger partial charge is 0.153 e. The van der Waals surface area contributed by atoms with Gasteiger partial charge in [0.25, 0.3) is 0 Å². The van der Waals surface area contributed by atoms with Crippen molar-refractivity contribution >= 4 is 17.2 Å². The SMILES string of the molecule is Cc1cc(C)c(C)c(N2c3cccnc3N(C)[C@@H]2C)c1. The van der Waals surface area contributed by atoms with Crippen molar-refractivity contribution in [1.82, 2.24) is 4.98 Å². The lowest BCUT2D eigenvalue weighted by Gasteiger charge is -2.29. The maximum absolute atomic E-state index is 4.53. The van der Waals surface area contributed by atoms with Crippen LogP contribution in [0.2, 0.25) is 0 Å². The Bertz CT molecular complexity index is 663. The Morgan fingerprint density at radius 3 is 2.60 bits per heavy atom. The van der Waals surface area contributed by atoms with Crippen LogP contribution in [-0.4, -0.2) is 18.2 Å². The predicted molar refractivity (Wildman–Crippen MR) is 84.9 cm³/mol. The molecule has 0 spiro atoms. The van der Waals surface area contributed by atoms with E-state index in [2.05, 4.69) is 67.7 Å². The normalized spacial score (nSPS) is 17.6. The van der Waals surface area contributed by atoms with Gasteiger partial charge in [0.1, 0.15) is 6.17 Å². The fourth-order valence-corrected chi connectivity index (χ4v) is 3.00. The molecule has 2 aromatic rings. The number of nitrogens with zero attached hydrogens (tertiary/aromatic N) is 3. The number of anilines is 3. The van der Waals surface area contributed by atoms with Crippen molar-refractivity contribution in [1.29, 1.82) is 0 Å². The first-order chi connectivity index (χ1) is 9.50. The van der Waals surface area contributed by atoms with Crippen LogP contribution in [0.25, 0.3) is 0 Å². The fraction of sp³-hybridized carbons (Fsp3) is 0.353. The molecule has 1 aliphatic heterocycles. The Morgan fingerprint density at radius 2 is 1.85 bits per heavy atom. The summed E-state index contributed by atoms with van der Waals surface area (Å²) in [5.41, 5.74) is 6.46. The van der Waals surface area contributed by atoms with Crippen LogP contribution in [0.3, 0.4) is 0 Å². The first-order valence-electron chi connectivity index (χ1n) is 7.05. The zero-order valence-electron chi connectivity index (χ0n) is 12.8. The van der Waals surface area contributed by atoms with Gasteiger partial charge >= 0.3 is 0 Å². The summed E-state index contributed by atoms with van der Waals surface area (Å²) in [5.74, 6) is 1.05. The largest absolute Gasteiger partial charge is 0.337 e. The molecule has 0 N–H and O–H groups in total. The maximum atomic E-state index is 4.53. The van der Waals surface area contributed by atoms with Crippen LogP contribution in [0.4, 0.5) is 17.2 Å². The Hall–Kier alpha value is -2.03. The highest BCUT2D eigenvalue weighted by molar-refractivity contribution is 5.82. The second kappa shape index (κ2) is 4.51. The molecule has 3 nitrogen and oxygen atoms in total. The second-order valence-corrected chi connectivity index (χ2v) is 5.68. The van der Waals surface area contributed by atoms with Gasteiger partial charge in [-0.2, -0.15) is 0 Å². The summed E-state index contributed by atoms with van der Waals surface area (Å²) >= 11 is 0. The zero-order valence-corrected chi connectivity index (χ0v) is 12.8. The molecule has 1 aromatic heterocycles. The molecule has 0 bridgehead atoms. The summed E-state index contributed by atoms with van der Waals surface area (Å²) in [4.78, 5) is 9.14. The number of pyridine rings is 1. The van der Waals surface area contributed by atoms with Gasteiger partial charge < -0.3 is 9.80 Å². The summed E-state index contributed by atoms with van der Waals surface area (Å²) in [6, 6.07) is 8.68. The molecule has 20 heavy (non-hydrogen) atoms. The number of fused-ring (bicyclic) bond motifs is 1. The number of hydrogen-bond acceptors (Lipinski definition) is 3. The van der Waals surface area contributed by atoms with Gasteiger partial charge in [0.15, 0.2) is 5.82 Å². The Kier molecular flexibility index (Phi) is 2.93. The first-order valence-corrected chi connectivity index (χ1v) is 7.05. The molecule has 1 atom stereocenters. The van der Waals surface area contributed by atoms with E-state index in [9.17, 15) is 0 Å². The van der Waals surface area contributed by atoms with Crippen molar-refractivity contribution in [2.75, 3.05) is 16.8 Å². The van der Waals surface area contributed by atoms with Crippen LogP contribution in [0, 0.1) is 20.8 Å². The second-order valence-electron chi connectivity index (χ2n) is 5.68. The number of aryl methyl sites for hydroxylation is 2. The molecular weight excluding hydrogens is 246 g/mol. The summed E-state index contributed by atoms with van der Waals surface area (Å²) in [6.07, 6.45) is 2.14. The summed E-state index contributed by atoms with van der Waals surface area (Å²) in [5, 5.41) is 0. The van der Waals surface area contributed by atoms with Gasteiger partial charge in [-0.05, 0) is 62.6 Å². The molecule has 1 aliphatic rings. The zero-order chi connectivity index (χ0) is 14.4. The van der Waals surface area contributed by atoms with E-state index in [-0.39, 0.29) is 6.17 Å². The molecular formula is C17H21N3. The van der Waals surface area contributed by atoms with E-state index in [1.807, 2.05) is 12.3 Å². The standard InChI is InChI=1S/C17H21N3/c1-11-9-12(2)13(3)16(10-11)20-14(4)19(5)17-15(20)7-6-8-18-17/h6-10,14H,1-5H3/t14-/m0/s1. The van der Waals surface area contributed by atoms with Gasteiger partial charge in [-0.3, -0.25) is 0 Å². The molecule has 1 aromatic carbocycles. The summed E-state index contributed by atoms with van der Waals surface area (Å²) in [7, 11) is 2.11. The first kappa shape index (κ1) is 13.0. The van der Waals surface area contributed by atoms with E-state index < -0.39 is 0 Å². The molecule has 0 unspecified atom stereocenters. The third-order valence-corrected chi connectivity index (χ3v) is 4.34. The number of benzene rings is 1. The molecule has 3 heteroatoms. The van der Waals surface area contributed by atoms with Crippen LogP contribution in [0.15, 0.2) is 30.5 Å². The van der Waals surface area contributed by atoms with Crippen LogP contribution >= 0.6 is 0 Å². The lowest BCUT2D eigenvalue weighted by atomic mass is 10.0. The van der Waals surface area contributed by atoms with Crippen LogP contribution in [-0.2, 0) is 0 Å². The minimum Gasteiger partial charge on any atom is -0.337 e. The Morgan fingerprint density at radius 1 is 1.10 bits per heavy atom. The Labute approximate surface area is 120 Å². The van der Waals surface area contributed by atoms with Crippen molar-refractivity contribution < 1.29 is 0 Å². The van der Waals surface area contributed by atoms with Crippen molar-refractivity contribution in [3.8, 4) is 0 Å². The maximum Gasteiger partial charge on any atom is 0.153 e. The lowest BCUT2D eigenvalue weighted by molar-refractivity contribution is 0.727. The third-order valence-electron chi connectivity index (χ3n) is 4.34. The number of hydrogen-bond donors (Lipinski definition) is 0. The highest BCUT2D eigenvalue weighted by atomic mass is 15.4. The van der Waals surface area contributed by atoms with Crippen molar-refractivity contribution in [3.05, 3.63) is 47.2 Å². The number of aromatic nitrogens is 1. The molecule has 0 saturated heterocycles. The van der Waals surface area contributed by atoms with Crippen molar-refractivity contribution in [2.45, 2.75) is 33.9 Å². The molecule has 0 fully saturated rings. The van der Waals surface area contributed by atoms with Gasteiger partial charge in [0, 0.05) is 18.9 Å². The third kappa shape index (κ3) is 1.77. The predicted octanol–water partition coefficient (Wildman–Crippen LogP) is 3.94. The Balaban J connectivity index is 2.21. The average molecular weight is 267 g/mol. The van der Waals surface area contributed by atoms with E-state index in [4.69, 9.17) is 0 Å². The topological polar surface area (TPSA) is 19.4 Å². The minimum atomic E-state index is 0.278. The van der Waals surface area contributed by atoms with Gasteiger partial charge in [-0.25, -0.2) is 4.98 Å². The van der Waals surface area contributed by atoms with Crippen LogP contribution < -0.4 is 9.80 Å². The van der Waals surface area contributed by atoms with Crippen LogP contribution in [0.1, 0.15) is 23.6 Å². The molecule has 0 saturated carbocycles. The quantitative estimate of drug-likeness (QED) is 0.780. The molecule has 0 amide bonds. The highest BCUT2D eigenvalue weighted by Crippen LogP contribution is 2.43. The van der Waals surface area contributed by atoms with Gasteiger partial charge in [-0.15, -0.1) is 0 Å². The van der Waals surface area contributed by atoms with Crippen molar-refractivity contribution in [3.63, 3.8) is 0 Å². The lowest BCUT2D eigenvalue weighted by Crippen LogP contribution is -2.36. The average Bonchev–Trinajstić information content (AvgIpc) is 2.67. The van der Waals surface area contributed by atoms with Crippen LogP contribution in [0.5, 0.6) is 0 Å². The van der Waals surface area contributed by atoms with Gasteiger partial charge in [0.2, 0.25) is 0 Å².